The molecule has 1 amide bonds. The second kappa shape index (κ2) is 14.7. The molecular formula is C34H43F5N6O3S. The van der Waals surface area contributed by atoms with Gasteiger partial charge in [-0.3, -0.25) is 9.69 Å². The Labute approximate surface area is 285 Å². The van der Waals surface area contributed by atoms with Crippen molar-refractivity contribution in [3.8, 4) is 17.0 Å². The fourth-order valence-corrected chi connectivity index (χ4v) is 6.47. The van der Waals surface area contributed by atoms with E-state index >= 15 is 8.78 Å². The number of alkyl halides is 3. The van der Waals surface area contributed by atoms with Crippen molar-refractivity contribution in [2.45, 2.75) is 32.1 Å². The van der Waals surface area contributed by atoms with E-state index in [1.807, 2.05) is 44.6 Å². The van der Waals surface area contributed by atoms with Gasteiger partial charge >= 0.3 is 6.18 Å². The Morgan fingerprint density at radius 3 is 2.35 bits per heavy atom. The molecule has 2 fully saturated rings. The fraction of sp³-hybridized carbons (Fsp3) is 0.500. The molecular weight excluding hydrogens is 667 g/mol. The quantitative estimate of drug-likeness (QED) is 0.266. The first-order valence-corrected chi connectivity index (χ1v) is 19.0. The summed E-state index contributed by atoms with van der Waals surface area (Å²) in [5, 5.41) is 2.39. The number of likely N-dealkylation sites (N-methyl/N-ethyl adjacent to an activating group) is 1. The largest absolute Gasteiger partial charge is 0.477 e. The first-order chi connectivity index (χ1) is 23.0. The predicted octanol–water partition coefficient (Wildman–Crippen LogP) is 6.13. The van der Waals surface area contributed by atoms with Crippen LogP contribution in [0.4, 0.5) is 39.1 Å². The summed E-state index contributed by atoms with van der Waals surface area (Å²) in [5.74, 6) is -2.40. The highest BCUT2D eigenvalue weighted by Gasteiger charge is 2.38. The van der Waals surface area contributed by atoms with Crippen molar-refractivity contribution in [3.05, 3.63) is 59.4 Å². The molecule has 49 heavy (non-hydrogen) atoms. The minimum absolute atomic E-state index is 0.0208. The van der Waals surface area contributed by atoms with Crippen LogP contribution in [0.15, 0.2) is 36.7 Å². The summed E-state index contributed by atoms with van der Waals surface area (Å²) in [6.45, 7) is 6.82. The van der Waals surface area contributed by atoms with Crippen molar-refractivity contribution in [1.29, 1.82) is 0 Å². The number of piperazine rings is 1. The lowest BCUT2D eigenvalue weighted by atomic mass is 10.0. The van der Waals surface area contributed by atoms with Crippen molar-refractivity contribution < 1.29 is 36.2 Å². The molecule has 2 saturated heterocycles. The third kappa shape index (κ3) is 8.55. The van der Waals surface area contributed by atoms with Crippen LogP contribution in [0.5, 0.6) is 5.88 Å². The summed E-state index contributed by atoms with van der Waals surface area (Å²) in [7, 11) is 0.972. The van der Waals surface area contributed by atoms with Crippen LogP contribution in [0.2, 0.25) is 0 Å². The van der Waals surface area contributed by atoms with Gasteiger partial charge in [0.25, 0.3) is 5.91 Å². The number of hydrogen-bond acceptors (Lipinski definition) is 8. The molecule has 2 aromatic heterocycles. The monoisotopic (exact) mass is 710 g/mol. The molecule has 4 heterocycles. The molecule has 1 N–H and O–H groups in total. The van der Waals surface area contributed by atoms with E-state index in [-0.39, 0.29) is 35.8 Å². The van der Waals surface area contributed by atoms with Gasteiger partial charge in [-0.05, 0) is 57.4 Å². The zero-order valence-corrected chi connectivity index (χ0v) is 29.4. The van der Waals surface area contributed by atoms with Crippen LogP contribution >= 0.6 is 10.0 Å². The van der Waals surface area contributed by atoms with Crippen LogP contribution in [0.25, 0.3) is 11.1 Å². The van der Waals surface area contributed by atoms with E-state index in [9.17, 15) is 18.0 Å². The number of amides is 1. The maximum atomic E-state index is 16.8. The molecule has 15 heteroatoms. The van der Waals surface area contributed by atoms with Crippen LogP contribution in [0, 0.1) is 11.6 Å². The first-order valence-electron chi connectivity index (χ1n) is 16.0. The van der Waals surface area contributed by atoms with Crippen LogP contribution in [0.3, 0.4) is 0 Å². The van der Waals surface area contributed by atoms with Gasteiger partial charge in [0.2, 0.25) is 5.88 Å². The number of halogens is 5. The number of carbonyl (C=O) groups is 1. The minimum atomic E-state index is -4.95. The predicted molar refractivity (Wildman–Crippen MR) is 184 cm³/mol. The number of benzene rings is 1. The Balaban J connectivity index is 1.56. The third-order valence-electron chi connectivity index (χ3n) is 8.88. The van der Waals surface area contributed by atoms with E-state index in [0.717, 1.165) is 12.3 Å². The molecule has 0 aliphatic carbocycles. The van der Waals surface area contributed by atoms with E-state index in [2.05, 4.69) is 20.2 Å². The second-order valence-corrected chi connectivity index (χ2v) is 18.0. The van der Waals surface area contributed by atoms with Gasteiger partial charge < -0.3 is 24.6 Å². The Bertz CT molecular complexity index is 1650. The summed E-state index contributed by atoms with van der Waals surface area (Å²) in [6.07, 6.45) is 3.41. The van der Waals surface area contributed by atoms with Crippen molar-refractivity contribution in [2.75, 3.05) is 92.7 Å². The van der Waals surface area contributed by atoms with Gasteiger partial charge in [-0.2, -0.15) is 13.2 Å². The number of morpholine rings is 1. The highest BCUT2D eigenvalue weighted by atomic mass is 32.3. The van der Waals surface area contributed by atoms with E-state index in [1.54, 1.807) is 11.0 Å². The summed E-state index contributed by atoms with van der Waals surface area (Å²) >= 11 is 0. The van der Waals surface area contributed by atoms with Gasteiger partial charge in [0.15, 0.2) is 5.82 Å². The number of nitrogens with zero attached hydrogens (tertiary/aromatic N) is 5. The second-order valence-electron chi connectivity index (χ2n) is 13.4. The normalized spacial score (nSPS) is 19.6. The zero-order chi connectivity index (χ0) is 35.7. The SMILES string of the molecule is C[C@@H]1CN(c2cc(F)c(-c3ccnc(N4CCOCC4)c3)c(F)c2NC(=O)c2cnc(OCCS(C)(C)C)cc2C(F)(F)F)C[C@H](C)N1C. The topological polar surface area (TPSA) is 83.1 Å². The molecule has 5 rings (SSSR count). The molecule has 0 saturated carbocycles. The number of hydrogen-bond donors (Lipinski definition) is 1. The van der Waals surface area contributed by atoms with Gasteiger partial charge in [0, 0.05) is 68.5 Å². The number of aromatic nitrogens is 2. The first kappa shape index (κ1) is 36.6. The highest BCUT2D eigenvalue weighted by Crippen LogP contribution is 2.41. The number of nitrogens with one attached hydrogen (secondary N) is 1. The lowest BCUT2D eigenvalue weighted by Gasteiger charge is -2.44. The lowest BCUT2D eigenvalue weighted by Crippen LogP contribution is -2.55. The molecule has 3 aromatic rings. The number of anilines is 3. The Morgan fingerprint density at radius 2 is 1.71 bits per heavy atom. The molecule has 2 aliphatic rings. The summed E-state index contributed by atoms with van der Waals surface area (Å²) in [5.41, 5.74) is -2.80. The highest BCUT2D eigenvalue weighted by molar-refractivity contribution is 8.32. The molecule has 1 aromatic carbocycles. The van der Waals surface area contributed by atoms with Crippen molar-refractivity contribution in [1.82, 2.24) is 14.9 Å². The van der Waals surface area contributed by atoms with Crippen molar-refractivity contribution in [3.63, 3.8) is 0 Å². The Hall–Kier alpha value is -3.69. The van der Waals surface area contributed by atoms with Crippen molar-refractivity contribution >= 4 is 33.1 Å². The Kier molecular flexibility index (Phi) is 10.9. The smallest absolute Gasteiger partial charge is 0.417 e. The number of carbonyl (C=O) groups excluding carboxylic acids is 1. The summed E-state index contributed by atoms with van der Waals surface area (Å²) < 4.78 is 86.7. The van der Waals surface area contributed by atoms with Gasteiger partial charge in [-0.1, -0.05) is 0 Å². The van der Waals surface area contributed by atoms with Crippen molar-refractivity contribution in [2.24, 2.45) is 0 Å². The molecule has 268 valence electrons. The van der Waals surface area contributed by atoms with Gasteiger partial charge in [-0.15, -0.1) is 0 Å². The van der Waals surface area contributed by atoms with Crippen LogP contribution in [0.1, 0.15) is 29.8 Å². The molecule has 2 aliphatic heterocycles. The number of ether oxygens (including phenoxy) is 2. The number of pyridine rings is 2. The standard InChI is InChI=1S/C34H43F5N6O3S/c1-21-19-45(20-22(2)43(21)3)27-17-26(35)30(23-7-8-40-28(15-23)44-9-11-47-12-10-44)31(36)32(27)42-33(46)24-18-41-29(16-25(24)34(37,38)39)48-13-14-49(4,5)6/h7-8,15-18,21-22H,9-14,19-20H2,1-6H3,(H,42,46)/t21-,22+. The zero-order valence-electron chi connectivity index (χ0n) is 28.5. The van der Waals surface area contributed by atoms with Gasteiger partial charge in [0.1, 0.15) is 17.3 Å². The van der Waals surface area contributed by atoms with E-state index < -0.39 is 56.1 Å². The fourth-order valence-electron chi connectivity index (χ4n) is 5.89. The molecule has 9 nitrogen and oxygen atoms in total. The van der Waals surface area contributed by atoms with Gasteiger partial charge in [-0.25, -0.2) is 28.8 Å². The van der Waals surface area contributed by atoms with Gasteiger partial charge in [0.05, 0.1) is 42.2 Å². The molecule has 0 spiro atoms. The molecule has 0 bridgehead atoms. The molecule has 0 radical (unpaired) electrons. The van der Waals surface area contributed by atoms with Crippen LogP contribution in [-0.2, 0) is 10.9 Å². The van der Waals surface area contributed by atoms with E-state index in [4.69, 9.17) is 9.47 Å². The lowest BCUT2D eigenvalue weighted by molar-refractivity contribution is -0.138. The van der Waals surface area contributed by atoms with Crippen LogP contribution < -0.4 is 19.9 Å². The average Bonchev–Trinajstić information content (AvgIpc) is 3.04. The maximum Gasteiger partial charge on any atom is 0.417 e. The maximum absolute atomic E-state index is 16.8. The minimum Gasteiger partial charge on any atom is -0.477 e. The molecule has 2 atom stereocenters. The number of rotatable bonds is 9. The van der Waals surface area contributed by atoms with Crippen LogP contribution in [-0.4, -0.2) is 110 Å². The molecule has 0 unspecified atom stereocenters. The third-order valence-corrected chi connectivity index (χ3v) is 10.3. The summed E-state index contributed by atoms with van der Waals surface area (Å²) in [4.78, 5) is 27.8. The Morgan fingerprint density at radius 1 is 1.04 bits per heavy atom. The van der Waals surface area contributed by atoms with E-state index in [1.165, 1.54) is 12.3 Å². The summed E-state index contributed by atoms with van der Waals surface area (Å²) in [6, 6.07) is 4.75. The average molecular weight is 711 g/mol. The van der Waals surface area contributed by atoms with E-state index in [0.29, 0.717) is 57.0 Å².